The Kier molecular flexibility index (Phi) is 7.59. The maximum atomic E-state index is 12.2. The lowest BCUT2D eigenvalue weighted by Gasteiger charge is -2.09. The van der Waals surface area contributed by atoms with Crippen molar-refractivity contribution in [3.8, 4) is 11.5 Å². The summed E-state index contributed by atoms with van der Waals surface area (Å²) < 4.78 is 10.6. The topological polar surface area (TPSA) is 93.7 Å². The van der Waals surface area contributed by atoms with Gasteiger partial charge < -0.3 is 20.1 Å². The van der Waals surface area contributed by atoms with Crippen molar-refractivity contribution in [1.29, 1.82) is 0 Å². The lowest BCUT2D eigenvalue weighted by Crippen LogP contribution is -2.32. The van der Waals surface area contributed by atoms with Gasteiger partial charge in [-0.05, 0) is 73.5 Å². The number of carbonyl (C=O) groups is 3. The predicted octanol–water partition coefficient (Wildman–Crippen LogP) is 4.01. The molecule has 0 bridgehead atoms. The zero-order chi connectivity index (χ0) is 22.9. The summed E-state index contributed by atoms with van der Waals surface area (Å²) in [5.74, 6) is -0.330. The van der Waals surface area contributed by atoms with E-state index < -0.39 is 24.4 Å². The lowest BCUT2D eigenvalue weighted by atomic mass is 10.1. The Bertz CT molecular complexity index is 1100. The van der Waals surface area contributed by atoms with Crippen LogP contribution in [0.3, 0.4) is 0 Å². The molecule has 164 valence electrons. The molecule has 0 aliphatic heterocycles. The minimum absolute atomic E-state index is 0.349. The molecule has 7 nitrogen and oxygen atoms in total. The van der Waals surface area contributed by atoms with Crippen molar-refractivity contribution in [2.24, 2.45) is 0 Å². The van der Waals surface area contributed by atoms with Crippen molar-refractivity contribution >= 4 is 23.5 Å². The number of rotatable bonds is 8. The number of hydrogen-bond acceptors (Lipinski definition) is 5. The van der Waals surface area contributed by atoms with E-state index in [0.717, 1.165) is 11.1 Å². The highest BCUT2D eigenvalue weighted by molar-refractivity contribution is 5.96. The largest absolute Gasteiger partial charge is 0.457 e. The molecule has 0 atom stereocenters. The van der Waals surface area contributed by atoms with Crippen LogP contribution in [0.4, 0.5) is 5.69 Å². The van der Waals surface area contributed by atoms with E-state index in [4.69, 9.17) is 9.47 Å². The highest BCUT2D eigenvalue weighted by Gasteiger charge is 2.11. The quantitative estimate of drug-likeness (QED) is 0.525. The van der Waals surface area contributed by atoms with Gasteiger partial charge in [-0.25, -0.2) is 0 Å². The van der Waals surface area contributed by atoms with Crippen LogP contribution in [0, 0.1) is 13.8 Å². The molecule has 3 rings (SSSR count). The number of anilines is 1. The van der Waals surface area contributed by atoms with Gasteiger partial charge in [0, 0.05) is 11.3 Å². The summed E-state index contributed by atoms with van der Waals surface area (Å²) in [6.07, 6.45) is 0. The fourth-order valence-corrected chi connectivity index (χ4v) is 2.77. The molecule has 0 unspecified atom stereocenters. The van der Waals surface area contributed by atoms with Gasteiger partial charge in [-0.15, -0.1) is 0 Å². The first kappa shape index (κ1) is 22.6. The fraction of sp³-hybridized carbons (Fsp3) is 0.160. The molecule has 0 aliphatic rings. The molecular weight excluding hydrogens is 408 g/mol. The van der Waals surface area contributed by atoms with Crippen LogP contribution in [0.2, 0.25) is 0 Å². The average Bonchev–Trinajstić information content (AvgIpc) is 2.80. The van der Waals surface area contributed by atoms with Crippen LogP contribution in [0.5, 0.6) is 11.5 Å². The third-order valence-corrected chi connectivity index (χ3v) is 4.64. The number of esters is 1. The maximum absolute atomic E-state index is 12.2. The minimum Gasteiger partial charge on any atom is -0.457 e. The normalized spacial score (nSPS) is 10.2. The SMILES string of the molecule is Cc1ccc(NC(=O)COC(=O)CNC(=O)c2ccc(Oc3ccccc3)cc2)cc1C. The number of para-hydroxylation sites is 1. The van der Waals surface area contributed by atoms with Crippen molar-refractivity contribution < 1.29 is 23.9 Å². The van der Waals surface area contributed by atoms with Gasteiger partial charge in [0.25, 0.3) is 11.8 Å². The van der Waals surface area contributed by atoms with Gasteiger partial charge in [-0.3, -0.25) is 14.4 Å². The van der Waals surface area contributed by atoms with Crippen molar-refractivity contribution in [3.63, 3.8) is 0 Å². The smallest absolute Gasteiger partial charge is 0.325 e. The van der Waals surface area contributed by atoms with Crippen LogP contribution in [-0.4, -0.2) is 30.9 Å². The fourth-order valence-electron chi connectivity index (χ4n) is 2.77. The zero-order valence-electron chi connectivity index (χ0n) is 17.9. The number of nitrogens with one attached hydrogen (secondary N) is 2. The summed E-state index contributed by atoms with van der Waals surface area (Å²) >= 11 is 0. The van der Waals surface area contributed by atoms with Crippen LogP contribution in [0.1, 0.15) is 21.5 Å². The molecule has 0 fully saturated rings. The number of carbonyl (C=O) groups excluding carboxylic acids is 3. The summed E-state index contributed by atoms with van der Waals surface area (Å²) in [6, 6.07) is 21.3. The Hall–Kier alpha value is -4.13. The standard InChI is InChI=1S/C25H24N2O5/c1-17-8-11-20(14-18(17)2)27-23(28)16-31-24(29)15-26-25(30)19-9-12-22(13-10-19)32-21-6-4-3-5-7-21/h3-14H,15-16H2,1-2H3,(H,26,30)(H,27,28). The van der Waals surface area contributed by atoms with E-state index in [0.29, 0.717) is 22.7 Å². The third-order valence-electron chi connectivity index (χ3n) is 4.64. The van der Waals surface area contributed by atoms with E-state index in [1.54, 1.807) is 30.3 Å². The average molecular weight is 432 g/mol. The number of ether oxygens (including phenoxy) is 2. The van der Waals surface area contributed by atoms with Crippen molar-refractivity contribution in [2.45, 2.75) is 13.8 Å². The second kappa shape index (κ2) is 10.8. The maximum Gasteiger partial charge on any atom is 0.325 e. The number of hydrogen-bond donors (Lipinski definition) is 2. The second-order valence-corrected chi connectivity index (χ2v) is 7.13. The van der Waals surface area contributed by atoms with Gasteiger partial charge in [0.1, 0.15) is 18.0 Å². The Morgan fingerprint density at radius 3 is 2.19 bits per heavy atom. The van der Waals surface area contributed by atoms with Crippen LogP contribution in [-0.2, 0) is 14.3 Å². The Morgan fingerprint density at radius 1 is 0.812 bits per heavy atom. The van der Waals surface area contributed by atoms with Crippen LogP contribution in [0.25, 0.3) is 0 Å². The summed E-state index contributed by atoms with van der Waals surface area (Å²) in [4.78, 5) is 36.0. The van der Waals surface area contributed by atoms with Gasteiger partial charge in [0.05, 0.1) is 0 Å². The van der Waals surface area contributed by atoms with Crippen LogP contribution < -0.4 is 15.4 Å². The molecule has 0 saturated heterocycles. The molecule has 0 spiro atoms. The molecule has 3 aromatic rings. The number of aryl methyl sites for hydroxylation is 2. The first-order valence-corrected chi connectivity index (χ1v) is 10.0. The van der Waals surface area contributed by atoms with E-state index in [-0.39, 0.29) is 6.54 Å². The van der Waals surface area contributed by atoms with E-state index in [2.05, 4.69) is 10.6 Å². The van der Waals surface area contributed by atoms with Gasteiger partial charge in [-0.1, -0.05) is 24.3 Å². The Morgan fingerprint density at radius 2 is 1.50 bits per heavy atom. The number of amides is 2. The number of benzene rings is 3. The second-order valence-electron chi connectivity index (χ2n) is 7.13. The molecule has 0 aliphatic carbocycles. The Labute approximate surface area is 186 Å². The first-order chi connectivity index (χ1) is 15.4. The zero-order valence-corrected chi connectivity index (χ0v) is 17.9. The summed E-state index contributed by atoms with van der Waals surface area (Å²) in [5, 5.41) is 5.13. The van der Waals surface area contributed by atoms with Crippen LogP contribution in [0.15, 0.2) is 72.8 Å². The van der Waals surface area contributed by atoms with E-state index in [1.165, 1.54) is 0 Å². The molecule has 2 N–H and O–H groups in total. The lowest BCUT2D eigenvalue weighted by molar-refractivity contribution is -0.146. The van der Waals surface area contributed by atoms with Gasteiger partial charge in [0.2, 0.25) is 0 Å². The minimum atomic E-state index is -0.711. The summed E-state index contributed by atoms with van der Waals surface area (Å²) in [6.45, 7) is 3.13. The van der Waals surface area contributed by atoms with Crippen molar-refractivity contribution in [3.05, 3.63) is 89.5 Å². The third kappa shape index (κ3) is 6.70. The molecule has 3 aromatic carbocycles. The van der Waals surface area contributed by atoms with Gasteiger partial charge in [0.15, 0.2) is 6.61 Å². The van der Waals surface area contributed by atoms with E-state index in [1.807, 2.05) is 56.3 Å². The first-order valence-electron chi connectivity index (χ1n) is 10.0. The predicted molar refractivity (Wildman–Crippen MR) is 121 cm³/mol. The van der Waals surface area contributed by atoms with Gasteiger partial charge in [-0.2, -0.15) is 0 Å². The Balaban J connectivity index is 1.40. The van der Waals surface area contributed by atoms with Crippen molar-refractivity contribution in [1.82, 2.24) is 5.32 Å². The van der Waals surface area contributed by atoms with Crippen molar-refractivity contribution in [2.75, 3.05) is 18.5 Å². The highest BCUT2D eigenvalue weighted by atomic mass is 16.5. The van der Waals surface area contributed by atoms with Gasteiger partial charge >= 0.3 is 5.97 Å². The van der Waals surface area contributed by atoms with E-state index >= 15 is 0 Å². The molecular formula is C25H24N2O5. The molecule has 0 saturated carbocycles. The molecule has 0 radical (unpaired) electrons. The van der Waals surface area contributed by atoms with E-state index in [9.17, 15) is 14.4 Å². The summed E-state index contributed by atoms with van der Waals surface area (Å²) in [7, 11) is 0. The monoisotopic (exact) mass is 432 g/mol. The molecule has 32 heavy (non-hydrogen) atoms. The molecule has 0 aromatic heterocycles. The highest BCUT2D eigenvalue weighted by Crippen LogP contribution is 2.21. The summed E-state index contributed by atoms with van der Waals surface area (Å²) in [5.41, 5.74) is 3.15. The molecule has 2 amide bonds. The van der Waals surface area contributed by atoms with Crippen LogP contribution >= 0.6 is 0 Å². The molecule has 0 heterocycles. The molecule has 7 heteroatoms.